The molecule has 0 aliphatic rings. The van der Waals surface area contributed by atoms with Crippen molar-refractivity contribution >= 4 is 12.1 Å². The molecule has 2 aromatic rings. The van der Waals surface area contributed by atoms with Crippen molar-refractivity contribution in [3.63, 3.8) is 0 Å². The molecule has 1 amide bonds. The summed E-state index contributed by atoms with van der Waals surface area (Å²) >= 11 is 0. The molecule has 7 heteroatoms. The topological polar surface area (TPSA) is 88.7 Å². The number of amides is 1. The zero-order valence-electron chi connectivity index (χ0n) is 10.9. The number of phenols is 1. The lowest BCUT2D eigenvalue weighted by Crippen LogP contribution is -2.23. The number of nitrogens with one attached hydrogen (secondary N) is 1. The van der Waals surface area contributed by atoms with Gasteiger partial charge in [0.05, 0.1) is 13.3 Å². The van der Waals surface area contributed by atoms with Crippen molar-refractivity contribution in [3.8, 4) is 11.5 Å². The van der Waals surface area contributed by atoms with Crippen LogP contribution in [0.15, 0.2) is 41.8 Å². The summed E-state index contributed by atoms with van der Waals surface area (Å²) < 4.78 is 6.47. The molecule has 20 heavy (non-hydrogen) atoms. The van der Waals surface area contributed by atoms with Gasteiger partial charge in [-0.25, -0.2) is 5.43 Å². The van der Waals surface area contributed by atoms with Gasteiger partial charge in [0.1, 0.15) is 6.54 Å². The lowest BCUT2D eigenvalue weighted by molar-refractivity contribution is -0.121. The third-order valence-electron chi connectivity index (χ3n) is 2.47. The van der Waals surface area contributed by atoms with Gasteiger partial charge in [0.25, 0.3) is 5.91 Å². The minimum atomic E-state index is -0.282. The van der Waals surface area contributed by atoms with E-state index in [0.717, 1.165) is 0 Å². The third kappa shape index (κ3) is 3.58. The highest BCUT2D eigenvalue weighted by Crippen LogP contribution is 2.25. The van der Waals surface area contributed by atoms with Crippen molar-refractivity contribution in [2.45, 2.75) is 6.54 Å². The van der Waals surface area contributed by atoms with Crippen molar-refractivity contribution in [3.05, 3.63) is 42.2 Å². The molecule has 0 bridgehead atoms. The van der Waals surface area contributed by atoms with E-state index >= 15 is 0 Å². The number of nitrogens with zero attached hydrogens (tertiary/aromatic N) is 3. The van der Waals surface area contributed by atoms with Gasteiger partial charge in [-0.15, -0.1) is 0 Å². The molecule has 0 atom stereocenters. The van der Waals surface area contributed by atoms with Crippen LogP contribution in [-0.4, -0.2) is 34.1 Å². The fourth-order valence-corrected chi connectivity index (χ4v) is 1.53. The maximum atomic E-state index is 11.5. The second kappa shape index (κ2) is 6.37. The Labute approximate surface area is 115 Å². The van der Waals surface area contributed by atoms with E-state index in [1.807, 2.05) is 0 Å². The molecule has 1 aromatic carbocycles. The number of carbonyl (C=O) groups excluding carboxylic acids is 1. The molecular weight excluding hydrogens is 260 g/mol. The first-order valence-electron chi connectivity index (χ1n) is 5.85. The van der Waals surface area contributed by atoms with E-state index in [0.29, 0.717) is 11.3 Å². The molecule has 1 aromatic heterocycles. The Morgan fingerprint density at radius 1 is 1.60 bits per heavy atom. The van der Waals surface area contributed by atoms with Crippen molar-refractivity contribution in [2.75, 3.05) is 7.11 Å². The first-order chi connectivity index (χ1) is 9.69. The lowest BCUT2D eigenvalue weighted by Gasteiger charge is -2.03. The van der Waals surface area contributed by atoms with E-state index in [9.17, 15) is 9.90 Å². The van der Waals surface area contributed by atoms with Gasteiger partial charge in [-0.1, -0.05) is 0 Å². The van der Waals surface area contributed by atoms with Gasteiger partial charge in [-0.05, 0) is 29.8 Å². The quantitative estimate of drug-likeness (QED) is 0.622. The van der Waals surface area contributed by atoms with Gasteiger partial charge in [0.2, 0.25) is 0 Å². The molecule has 0 aliphatic carbocycles. The number of rotatable bonds is 5. The highest BCUT2D eigenvalue weighted by Gasteiger charge is 2.02. The number of hydrazone groups is 1. The molecule has 0 unspecified atom stereocenters. The maximum Gasteiger partial charge on any atom is 0.261 e. The highest BCUT2D eigenvalue weighted by atomic mass is 16.5. The fraction of sp³-hybridized carbons (Fsp3) is 0.154. The molecule has 0 saturated carbocycles. The van der Waals surface area contributed by atoms with Crippen LogP contribution in [-0.2, 0) is 11.3 Å². The van der Waals surface area contributed by atoms with E-state index in [2.05, 4.69) is 15.6 Å². The van der Waals surface area contributed by atoms with Crippen molar-refractivity contribution < 1.29 is 14.6 Å². The summed E-state index contributed by atoms with van der Waals surface area (Å²) in [5, 5.41) is 17.2. The van der Waals surface area contributed by atoms with Crippen LogP contribution in [0.5, 0.6) is 11.5 Å². The molecule has 0 saturated heterocycles. The Kier molecular flexibility index (Phi) is 4.33. The van der Waals surface area contributed by atoms with Crippen LogP contribution < -0.4 is 10.2 Å². The van der Waals surface area contributed by atoms with E-state index < -0.39 is 0 Å². The van der Waals surface area contributed by atoms with E-state index in [4.69, 9.17) is 4.74 Å². The Morgan fingerprint density at radius 2 is 2.45 bits per heavy atom. The van der Waals surface area contributed by atoms with E-state index in [-0.39, 0.29) is 18.2 Å². The van der Waals surface area contributed by atoms with Gasteiger partial charge in [-0.2, -0.15) is 10.2 Å². The number of hydrogen-bond donors (Lipinski definition) is 2. The summed E-state index contributed by atoms with van der Waals surface area (Å²) in [6, 6.07) is 6.49. The standard InChI is InChI=1S/C13H14N4O3/c1-20-12-7-10(3-4-11(12)18)8-14-16-13(19)9-17-6-2-5-15-17/h2-8,18H,9H2,1H3,(H,16,19). The number of phenolic OH excluding ortho intramolecular Hbond substituents is 1. The number of methoxy groups -OCH3 is 1. The molecule has 0 aliphatic heterocycles. The molecule has 0 radical (unpaired) electrons. The number of ether oxygens (including phenoxy) is 1. The Bertz CT molecular complexity index is 608. The molecule has 0 spiro atoms. The van der Waals surface area contributed by atoms with Crippen molar-refractivity contribution in [1.82, 2.24) is 15.2 Å². The summed E-state index contributed by atoms with van der Waals surface area (Å²) in [5.74, 6) is 0.111. The lowest BCUT2D eigenvalue weighted by atomic mass is 10.2. The van der Waals surface area contributed by atoms with Crippen LogP contribution >= 0.6 is 0 Å². The molecule has 104 valence electrons. The van der Waals surface area contributed by atoms with Crippen LogP contribution in [0.4, 0.5) is 0 Å². The molecule has 2 N–H and O–H groups in total. The minimum Gasteiger partial charge on any atom is -0.504 e. The third-order valence-corrected chi connectivity index (χ3v) is 2.47. The maximum absolute atomic E-state index is 11.5. The second-order valence-electron chi connectivity index (χ2n) is 3.93. The van der Waals surface area contributed by atoms with Gasteiger partial charge in [-0.3, -0.25) is 9.48 Å². The van der Waals surface area contributed by atoms with Gasteiger partial charge in [0.15, 0.2) is 11.5 Å². The van der Waals surface area contributed by atoms with E-state index in [1.54, 1.807) is 30.6 Å². The normalized spacial score (nSPS) is 10.7. The van der Waals surface area contributed by atoms with Crippen LogP contribution in [0.3, 0.4) is 0 Å². The van der Waals surface area contributed by atoms with Crippen LogP contribution in [0, 0.1) is 0 Å². The van der Waals surface area contributed by atoms with Crippen LogP contribution in [0.25, 0.3) is 0 Å². The summed E-state index contributed by atoms with van der Waals surface area (Å²) in [5.41, 5.74) is 3.08. The predicted octanol–water partition coefficient (Wildman–Crippen LogP) is 0.748. The smallest absolute Gasteiger partial charge is 0.261 e. The molecular formula is C13H14N4O3. The first kappa shape index (κ1) is 13.6. The Balaban J connectivity index is 1.91. The summed E-state index contributed by atoms with van der Waals surface area (Å²) in [4.78, 5) is 11.5. The highest BCUT2D eigenvalue weighted by molar-refractivity contribution is 5.83. The number of hydrogen-bond acceptors (Lipinski definition) is 5. The average molecular weight is 274 g/mol. The zero-order valence-corrected chi connectivity index (χ0v) is 10.9. The molecule has 1 heterocycles. The monoisotopic (exact) mass is 274 g/mol. The summed E-state index contributed by atoms with van der Waals surface area (Å²) in [6.07, 6.45) is 4.75. The molecule has 0 fully saturated rings. The number of benzene rings is 1. The summed E-state index contributed by atoms with van der Waals surface area (Å²) in [6.45, 7) is 0.100. The van der Waals surface area contributed by atoms with Crippen LogP contribution in [0.1, 0.15) is 5.56 Å². The number of carbonyl (C=O) groups is 1. The van der Waals surface area contributed by atoms with E-state index in [1.165, 1.54) is 24.1 Å². The minimum absolute atomic E-state index is 0.0485. The number of aromatic nitrogens is 2. The summed E-state index contributed by atoms with van der Waals surface area (Å²) in [7, 11) is 1.46. The van der Waals surface area contributed by atoms with Gasteiger partial charge >= 0.3 is 0 Å². The Hall–Kier alpha value is -2.83. The van der Waals surface area contributed by atoms with Crippen molar-refractivity contribution in [1.29, 1.82) is 0 Å². The zero-order chi connectivity index (χ0) is 14.4. The SMILES string of the molecule is COc1cc(C=NNC(=O)Cn2cccn2)ccc1O. The largest absolute Gasteiger partial charge is 0.504 e. The molecule has 2 rings (SSSR count). The van der Waals surface area contributed by atoms with Crippen LogP contribution in [0.2, 0.25) is 0 Å². The Morgan fingerprint density at radius 3 is 3.15 bits per heavy atom. The fourth-order valence-electron chi connectivity index (χ4n) is 1.53. The number of aromatic hydroxyl groups is 1. The van der Waals surface area contributed by atoms with Crippen molar-refractivity contribution in [2.24, 2.45) is 5.10 Å². The second-order valence-corrected chi connectivity index (χ2v) is 3.93. The molecule has 7 nitrogen and oxygen atoms in total. The average Bonchev–Trinajstić information content (AvgIpc) is 2.93. The van der Waals surface area contributed by atoms with Gasteiger partial charge < -0.3 is 9.84 Å². The predicted molar refractivity (Wildman–Crippen MR) is 72.6 cm³/mol. The first-order valence-corrected chi connectivity index (χ1v) is 5.85. The van der Waals surface area contributed by atoms with Gasteiger partial charge in [0, 0.05) is 12.4 Å².